The van der Waals surface area contributed by atoms with Gasteiger partial charge in [-0.3, -0.25) is 0 Å². The second kappa shape index (κ2) is 8.58. The van der Waals surface area contributed by atoms with E-state index >= 15 is 0 Å². The van der Waals surface area contributed by atoms with Crippen molar-refractivity contribution in [3.63, 3.8) is 0 Å². The largest absolute Gasteiger partial charge is 0.502 e. The molecule has 0 atom stereocenters. The van der Waals surface area contributed by atoms with E-state index in [9.17, 15) is 14.7 Å². The summed E-state index contributed by atoms with van der Waals surface area (Å²) in [5.41, 5.74) is 0.872. The van der Waals surface area contributed by atoms with Gasteiger partial charge >= 0.3 is 11.9 Å². The number of carbonyl (C=O) groups excluding carboxylic acids is 2. The predicted octanol–water partition coefficient (Wildman–Crippen LogP) is 2.64. The molecule has 0 aliphatic carbocycles. The zero-order valence-corrected chi connectivity index (χ0v) is 12.0. The molecule has 0 fully saturated rings. The Bertz CT molecular complexity index is 543. The van der Waals surface area contributed by atoms with Crippen LogP contribution >= 0.6 is 0 Å². The zero-order chi connectivity index (χ0) is 15.7. The monoisotopic (exact) mass is 290 g/mol. The molecule has 0 bridgehead atoms. The summed E-state index contributed by atoms with van der Waals surface area (Å²) >= 11 is 0. The topological polar surface area (TPSA) is 72.8 Å². The van der Waals surface area contributed by atoms with Crippen molar-refractivity contribution < 1.29 is 24.2 Å². The summed E-state index contributed by atoms with van der Waals surface area (Å²) in [5.74, 6) is -1.95. The first-order valence-corrected chi connectivity index (χ1v) is 6.60. The number of allylic oxidation sites excluding steroid dienone is 2. The van der Waals surface area contributed by atoms with Gasteiger partial charge in [0.05, 0.1) is 18.8 Å². The molecule has 1 aromatic rings. The molecule has 0 unspecified atom stereocenters. The molecular formula is C16H18O5. The molecule has 1 rings (SSSR count). The van der Waals surface area contributed by atoms with Crippen molar-refractivity contribution in [2.45, 2.75) is 13.8 Å². The lowest BCUT2D eigenvalue weighted by atomic mass is 10.1. The predicted molar refractivity (Wildman–Crippen MR) is 78.4 cm³/mol. The Balaban J connectivity index is 3.07. The van der Waals surface area contributed by atoms with Crippen LogP contribution in [-0.2, 0) is 19.1 Å². The second-order valence-electron chi connectivity index (χ2n) is 3.94. The first-order chi connectivity index (χ1) is 10.1. The molecule has 0 spiro atoms. The number of rotatable bonds is 6. The minimum atomic E-state index is -0.843. The van der Waals surface area contributed by atoms with E-state index in [2.05, 4.69) is 4.74 Å². The van der Waals surface area contributed by atoms with Gasteiger partial charge in [-0.15, -0.1) is 0 Å². The van der Waals surface area contributed by atoms with Gasteiger partial charge in [0.15, 0.2) is 0 Å². The summed E-state index contributed by atoms with van der Waals surface area (Å²) in [5, 5.41) is 9.55. The van der Waals surface area contributed by atoms with Gasteiger partial charge in [0.25, 0.3) is 0 Å². The quantitative estimate of drug-likeness (QED) is 0.377. The lowest BCUT2D eigenvalue weighted by Gasteiger charge is -2.06. The molecule has 0 aromatic heterocycles. The highest BCUT2D eigenvalue weighted by Gasteiger charge is 2.13. The van der Waals surface area contributed by atoms with Crippen LogP contribution in [0.2, 0.25) is 0 Å². The highest BCUT2D eigenvalue weighted by atomic mass is 16.5. The van der Waals surface area contributed by atoms with E-state index in [-0.39, 0.29) is 18.8 Å². The van der Waals surface area contributed by atoms with E-state index in [1.165, 1.54) is 6.08 Å². The Labute approximate surface area is 123 Å². The molecule has 1 aromatic carbocycles. The fourth-order valence-corrected chi connectivity index (χ4v) is 1.54. The number of hydrogen-bond acceptors (Lipinski definition) is 5. The minimum absolute atomic E-state index is 0.157. The van der Waals surface area contributed by atoms with Crippen LogP contribution < -0.4 is 0 Å². The standard InChI is InChI=1S/C16H18O5/c1-3-20-15(18)13(12-8-6-5-7-9-12)10-11-14(17)16(19)21-4-2/h5-11,17H,3-4H2,1-2H3/b13-10-,14-11-. The zero-order valence-electron chi connectivity index (χ0n) is 12.0. The Kier molecular flexibility index (Phi) is 6.74. The van der Waals surface area contributed by atoms with Crippen molar-refractivity contribution in [3.05, 3.63) is 53.8 Å². The summed E-state index contributed by atoms with van der Waals surface area (Å²) in [6.07, 6.45) is 2.46. The van der Waals surface area contributed by atoms with Gasteiger partial charge in [-0.1, -0.05) is 30.3 Å². The van der Waals surface area contributed by atoms with Crippen LogP contribution in [0, 0.1) is 0 Å². The Morgan fingerprint density at radius 1 is 1.00 bits per heavy atom. The van der Waals surface area contributed by atoms with Crippen LogP contribution in [0.15, 0.2) is 48.2 Å². The van der Waals surface area contributed by atoms with Crippen LogP contribution in [0.5, 0.6) is 0 Å². The number of esters is 2. The fourth-order valence-electron chi connectivity index (χ4n) is 1.54. The van der Waals surface area contributed by atoms with E-state index in [0.29, 0.717) is 5.56 Å². The number of aliphatic hydroxyl groups is 1. The third-order valence-corrected chi connectivity index (χ3v) is 2.47. The van der Waals surface area contributed by atoms with Gasteiger partial charge in [-0.25, -0.2) is 9.59 Å². The molecule has 0 saturated heterocycles. The molecule has 1 N–H and O–H groups in total. The van der Waals surface area contributed by atoms with Gasteiger partial charge in [-0.05, 0) is 31.6 Å². The molecule has 0 aliphatic rings. The number of benzene rings is 1. The van der Waals surface area contributed by atoms with Gasteiger partial charge in [0.1, 0.15) is 0 Å². The highest BCUT2D eigenvalue weighted by molar-refractivity contribution is 6.16. The van der Waals surface area contributed by atoms with Gasteiger partial charge in [-0.2, -0.15) is 0 Å². The summed E-state index contributed by atoms with van der Waals surface area (Å²) in [6.45, 7) is 3.72. The van der Waals surface area contributed by atoms with Crippen LogP contribution in [0.1, 0.15) is 19.4 Å². The van der Waals surface area contributed by atoms with E-state index < -0.39 is 17.7 Å². The van der Waals surface area contributed by atoms with Crippen molar-refractivity contribution in [1.29, 1.82) is 0 Å². The van der Waals surface area contributed by atoms with E-state index in [1.807, 2.05) is 6.07 Å². The van der Waals surface area contributed by atoms with Crippen molar-refractivity contribution >= 4 is 17.5 Å². The lowest BCUT2D eigenvalue weighted by Crippen LogP contribution is -2.08. The maximum atomic E-state index is 11.9. The molecule has 0 amide bonds. The smallest absolute Gasteiger partial charge is 0.373 e. The molecule has 5 heteroatoms. The molecule has 0 aliphatic heterocycles. The lowest BCUT2D eigenvalue weighted by molar-refractivity contribution is -0.141. The summed E-state index contributed by atoms with van der Waals surface area (Å²) < 4.78 is 9.61. The van der Waals surface area contributed by atoms with E-state index in [1.54, 1.807) is 38.1 Å². The molecule has 0 saturated carbocycles. The number of carbonyl (C=O) groups is 2. The van der Waals surface area contributed by atoms with Crippen LogP contribution in [0.4, 0.5) is 0 Å². The van der Waals surface area contributed by atoms with Crippen LogP contribution in [-0.4, -0.2) is 30.3 Å². The maximum Gasteiger partial charge on any atom is 0.373 e. The molecular weight excluding hydrogens is 272 g/mol. The normalized spacial score (nSPS) is 11.9. The summed E-state index contributed by atoms with van der Waals surface area (Å²) in [4.78, 5) is 23.2. The highest BCUT2D eigenvalue weighted by Crippen LogP contribution is 2.16. The molecule has 0 radical (unpaired) electrons. The van der Waals surface area contributed by atoms with Gasteiger partial charge in [0.2, 0.25) is 5.76 Å². The third kappa shape index (κ3) is 5.14. The average molecular weight is 290 g/mol. The van der Waals surface area contributed by atoms with Gasteiger partial charge in [0, 0.05) is 0 Å². The van der Waals surface area contributed by atoms with Crippen molar-refractivity contribution in [2.24, 2.45) is 0 Å². The summed E-state index contributed by atoms with van der Waals surface area (Å²) in [6, 6.07) is 8.84. The second-order valence-corrected chi connectivity index (χ2v) is 3.94. The fraction of sp³-hybridized carbons (Fsp3) is 0.250. The number of hydrogen-bond donors (Lipinski definition) is 1. The number of ether oxygens (including phenoxy) is 2. The average Bonchev–Trinajstić information content (AvgIpc) is 2.49. The Hall–Kier alpha value is -2.56. The molecule has 5 nitrogen and oxygen atoms in total. The van der Waals surface area contributed by atoms with Crippen LogP contribution in [0.3, 0.4) is 0 Å². The van der Waals surface area contributed by atoms with Crippen molar-refractivity contribution in [3.8, 4) is 0 Å². The number of aliphatic hydroxyl groups excluding tert-OH is 1. The Morgan fingerprint density at radius 2 is 1.57 bits per heavy atom. The SMILES string of the molecule is CCOC(=O)/C(O)=C/C=C(\C(=O)OCC)c1ccccc1. The van der Waals surface area contributed by atoms with Crippen LogP contribution in [0.25, 0.3) is 5.57 Å². The van der Waals surface area contributed by atoms with Crippen molar-refractivity contribution in [2.75, 3.05) is 13.2 Å². The Morgan fingerprint density at radius 3 is 2.14 bits per heavy atom. The first-order valence-electron chi connectivity index (χ1n) is 6.60. The first kappa shape index (κ1) is 16.5. The molecule has 21 heavy (non-hydrogen) atoms. The minimum Gasteiger partial charge on any atom is -0.502 e. The van der Waals surface area contributed by atoms with Gasteiger partial charge < -0.3 is 14.6 Å². The maximum absolute atomic E-state index is 11.9. The molecule has 0 heterocycles. The molecule has 112 valence electrons. The van der Waals surface area contributed by atoms with E-state index in [0.717, 1.165) is 6.08 Å². The third-order valence-electron chi connectivity index (χ3n) is 2.47. The van der Waals surface area contributed by atoms with Crippen molar-refractivity contribution in [1.82, 2.24) is 0 Å². The van der Waals surface area contributed by atoms with E-state index in [4.69, 9.17) is 4.74 Å². The summed E-state index contributed by atoms with van der Waals surface area (Å²) in [7, 11) is 0.